The topological polar surface area (TPSA) is 73.0 Å². The Bertz CT molecular complexity index is 597. The van der Waals surface area contributed by atoms with Crippen molar-refractivity contribution in [3.05, 3.63) is 50.7 Å². The summed E-state index contributed by atoms with van der Waals surface area (Å²) in [5.74, 6) is 0. The summed E-state index contributed by atoms with van der Waals surface area (Å²) in [6.07, 6.45) is 3.71. The van der Waals surface area contributed by atoms with Gasteiger partial charge in [-0.15, -0.1) is 0 Å². The fourth-order valence-electron chi connectivity index (χ4n) is 1.70. The molecule has 0 saturated carbocycles. The van der Waals surface area contributed by atoms with Gasteiger partial charge in [0, 0.05) is 23.3 Å². The summed E-state index contributed by atoms with van der Waals surface area (Å²) in [6.45, 7) is 3.19. The van der Waals surface area contributed by atoms with E-state index in [1.165, 1.54) is 6.07 Å². The monoisotopic (exact) mass is 324 g/mol. The minimum absolute atomic E-state index is 0.0693. The normalized spacial score (nSPS) is 10.4. The number of rotatable bonds is 5. The van der Waals surface area contributed by atoms with Gasteiger partial charge in [0.15, 0.2) is 0 Å². The number of halogens is 1. The molecule has 1 heterocycles. The molecule has 0 unspecified atom stereocenters. The molecule has 0 fully saturated rings. The van der Waals surface area contributed by atoms with Gasteiger partial charge in [0.1, 0.15) is 5.69 Å². The van der Waals surface area contributed by atoms with E-state index in [2.05, 4.69) is 26.3 Å². The zero-order valence-electron chi connectivity index (χ0n) is 10.3. The van der Waals surface area contributed by atoms with Crippen LogP contribution in [0.25, 0.3) is 0 Å². The van der Waals surface area contributed by atoms with Crippen LogP contribution < -0.4 is 5.32 Å². The number of nitrogens with one attached hydrogen (secondary N) is 1. The molecule has 0 saturated heterocycles. The summed E-state index contributed by atoms with van der Waals surface area (Å²) in [4.78, 5) is 10.5. The summed E-state index contributed by atoms with van der Waals surface area (Å²) in [7, 11) is 0. The van der Waals surface area contributed by atoms with Crippen LogP contribution in [0.1, 0.15) is 5.56 Å². The maximum Gasteiger partial charge on any atom is 0.292 e. The summed E-state index contributed by atoms with van der Waals surface area (Å²) in [5, 5.41) is 18.1. The van der Waals surface area contributed by atoms with Crippen molar-refractivity contribution < 1.29 is 4.92 Å². The predicted molar refractivity (Wildman–Crippen MR) is 76.3 cm³/mol. The molecule has 0 atom stereocenters. The Labute approximate surface area is 118 Å². The second-order valence-corrected chi connectivity index (χ2v) is 5.04. The fraction of sp³-hybridized carbons (Fsp3) is 0.250. The third-order valence-corrected chi connectivity index (χ3v) is 3.07. The van der Waals surface area contributed by atoms with Crippen LogP contribution in [0.2, 0.25) is 0 Å². The van der Waals surface area contributed by atoms with Gasteiger partial charge in [0.25, 0.3) is 5.69 Å². The number of aryl methyl sites for hydroxylation is 1. The molecule has 0 bridgehead atoms. The SMILES string of the molecule is Cc1cnn(CCNc2cc(Br)ccc2[N+](=O)[O-])c1. The number of hydrogen-bond acceptors (Lipinski definition) is 4. The molecule has 0 aliphatic carbocycles. The molecule has 1 N–H and O–H groups in total. The van der Waals surface area contributed by atoms with Gasteiger partial charge in [0.2, 0.25) is 0 Å². The van der Waals surface area contributed by atoms with Gasteiger partial charge in [-0.2, -0.15) is 5.10 Å². The molecule has 1 aromatic carbocycles. The molecule has 0 spiro atoms. The van der Waals surface area contributed by atoms with Crippen LogP contribution in [-0.4, -0.2) is 21.2 Å². The maximum absolute atomic E-state index is 10.9. The van der Waals surface area contributed by atoms with Crippen molar-refractivity contribution in [2.45, 2.75) is 13.5 Å². The number of benzene rings is 1. The Morgan fingerprint density at radius 2 is 2.32 bits per heavy atom. The first-order valence-corrected chi connectivity index (χ1v) is 6.52. The van der Waals surface area contributed by atoms with Crippen molar-refractivity contribution in [3.63, 3.8) is 0 Å². The second-order valence-electron chi connectivity index (χ2n) is 4.13. The van der Waals surface area contributed by atoms with Crippen molar-refractivity contribution in [1.29, 1.82) is 0 Å². The molecule has 0 radical (unpaired) electrons. The lowest BCUT2D eigenvalue weighted by molar-refractivity contribution is -0.384. The summed E-state index contributed by atoms with van der Waals surface area (Å²) in [6, 6.07) is 4.83. The Morgan fingerprint density at radius 3 is 2.95 bits per heavy atom. The summed E-state index contributed by atoms with van der Waals surface area (Å²) < 4.78 is 2.60. The molecule has 0 amide bonds. The third kappa shape index (κ3) is 3.54. The van der Waals surface area contributed by atoms with Crippen LogP contribution >= 0.6 is 15.9 Å². The number of aromatic nitrogens is 2. The van der Waals surface area contributed by atoms with E-state index in [1.807, 2.05) is 13.1 Å². The summed E-state index contributed by atoms with van der Waals surface area (Å²) in [5.41, 5.74) is 1.66. The molecule has 1 aromatic heterocycles. The van der Waals surface area contributed by atoms with Gasteiger partial charge in [0.05, 0.1) is 17.7 Å². The standard InChI is InChI=1S/C12H13BrN4O2/c1-9-7-15-16(8-9)5-4-14-11-6-10(13)2-3-12(11)17(18)19/h2-3,6-8,14H,4-5H2,1H3. The highest BCUT2D eigenvalue weighted by Crippen LogP contribution is 2.27. The first kappa shape index (κ1) is 13.5. The Kier molecular flexibility index (Phi) is 4.16. The average Bonchev–Trinajstić information content (AvgIpc) is 2.75. The van der Waals surface area contributed by atoms with Gasteiger partial charge in [-0.3, -0.25) is 14.8 Å². The van der Waals surface area contributed by atoms with E-state index >= 15 is 0 Å². The lowest BCUT2D eigenvalue weighted by atomic mass is 10.2. The number of nitro groups is 1. The number of hydrogen-bond donors (Lipinski definition) is 1. The van der Waals surface area contributed by atoms with Crippen molar-refractivity contribution in [3.8, 4) is 0 Å². The van der Waals surface area contributed by atoms with E-state index in [9.17, 15) is 10.1 Å². The minimum Gasteiger partial charge on any atom is -0.378 e. The highest BCUT2D eigenvalue weighted by molar-refractivity contribution is 9.10. The molecule has 100 valence electrons. The van der Waals surface area contributed by atoms with Crippen molar-refractivity contribution in [1.82, 2.24) is 9.78 Å². The lowest BCUT2D eigenvalue weighted by Gasteiger charge is -2.07. The van der Waals surface area contributed by atoms with Gasteiger partial charge >= 0.3 is 0 Å². The summed E-state index contributed by atoms with van der Waals surface area (Å²) >= 11 is 3.31. The molecule has 7 heteroatoms. The van der Waals surface area contributed by atoms with E-state index in [0.29, 0.717) is 18.8 Å². The molecule has 2 aromatic rings. The Hall–Kier alpha value is -1.89. The van der Waals surface area contributed by atoms with Crippen LogP contribution in [0.5, 0.6) is 0 Å². The van der Waals surface area contributed by atoms with Gasteiger partial charge in [-0.25, -0.2) is 0 Å². The number of nitrogens with zero attached hydrogens (tertiary/aromatic N) is 3. The van der Waals surface area contributed by atoms with Gasteiger partial charge in [-0.1, -0.05) is 15.9 Å². The predicted octanol–water partition coefficient (Wildman–Crippen LogP) is 2.97. The Morgan fingerprint density at radius 1 is 1.53 bits per heavy atom. The quantitative estimate of drug-likeness (QED) is 0.677. The zero-order chi connectivity index (χ0) is 13.8. The first-order valence-electron chi connectivity index (χ1n) is 5.73. The molecule has 2 rings (SSSR count). The molecular formula is C12H13BrN4O2. The van der Waals surface area contributed by atoms with E-state index in [4.69, 9.17) is 0 Å². The highest BCUT2D eigenvalue weighted by Gasteiger charge is 2.13. The van der Waals surface area contributed by atoms with E-state index in [-0.39, 0.29) is 5.69 Å². The average molecular weight is 325 g/mol. The number of anilines is 1. The fourth-order valence-corrected chi connectivity index (χ4v) is 2.06. The van der Waals surface area contributed by atoms with Crippen LogP contribution in [0, 0.1) is 17.0 Å². The van der Waals surface area contributed by atoms with Crippen molar-refractivity contribution in [2.75, 3.05) is 11.9 Å². The van der Waals surface area contributed by atoms with E-state index in [0.717, 1.165) is 10.0 Å². The second kappa shape index (κ2) is 5.83. The lowest BCUT2D eigenvalue weighted by Crippen LogP contribution is -2.11. The van der Waals surface area contributed by atoms with E-state index in [1.54, 1.807) is 23.0 Å². The highest BCUT2D eigenvalue weighted by atomic mass is 79.9. The van der Waals surface area contributed by atoms with Crippen LogP contribution in [0.3, 0.4) is 0 Å². The van der Waals surface area contributed by atoms with Crippen LogP contribution in [-0.2, 0) is 6.54 Å². The maximum atomic E-state index is 10.9. The molecular weight excluding hydrogens is 312 g/mol. The van der Waals surface area contributed by atoms with E-state index < -0.39 is 4.92 Å². The van der Waals surface area contributed by atoms with Crippen LogP contribution in [0.15, 0.2) is 35.1 Å². The smallest absolute Gasteiger partial charge is 0.292 e. The minimum atomic E-state index is -0.396. The van der Waals surface area contributed by atoms with Gasteiger partial charge < -0.3 is 5.32 Å². The Balaban J connectivity index is 2.02. The largest absolute Gasteiger partial charge is 0.378 e. The third-order valence-electron chi connectivity index (χ3n) is 2.57. The number of nitro benzene ring substituents is 1. The van der Waals surface area contributed by atoms with Crippen LogP contribution in [0.4, 0.5) is 11.4 Å². The van der Waals surface area contributed by atoms with Crippen molar-refractivity contribution in [2.24, 2.45) is 0 Å². The molecule has 6 nitrogen and oxygen atoms in total. The van der Waals surface area contributed by atoms with Crippen molar-refractivity contribution >= 4 is 27.3 Å². The molecule has 19 heavy (non-hydrogen) atoms. The molecule has 0 aliphatic rings. The first-order chi connectivity index (χ1) is 9.06. The molecule has 0 aliphatic heterocycles. The zero-order valence-corrected chi connectivity index (χ0v) is 11.9. The van der Waals surface area contributed by atoms with Gasteiger partial charge in [-0.05, 0) is 24.6 Å².